The summed E-state index contributed by atoms with van der Waals surface area (Å²) >= 11 is 0. The molecular weight excluding hydrogens is 123 g/mol. The maximum absolute atomic E-state index is 10.5. The second kappa shape index (κ2) is 2.69. The lowest BCUT2D eigenvalue weighted by atomic mass is 9.94. The number of aryl methyl sites for hydroxylation is 1. The molecule has 0 amide bonds. The normalized spacial score (nSPS) is 9.30. The highest BCUT2D eigenvalue weighted by Crippen LogP contribution is 2.01. The van der Waals surface area contributed by atoms with Crippen LogP contribution in [0.2, 0.25) is 0 Å². The van der Waals surface area contributed by atoms with Gasteiger partial charge in [0.2, 0.25) is 0 Å². The fourth-order valence-electron chi connectivity index (χ4n) is 0.718. The summed E-state index contributed by atoms with van der Waals surface area (Å²) in [6, 6.07) is 7.16. The van der Waals surface area contributed by atoms with E-state index in [9.17, 15) is 4.79 Å². The minimum absolute atomic E-state index is 0.375. The van der Waals surface area contributed by atoms with Gasteiger partial charge in [0.05, 0.1) is 0 Å². The zero-order valence-corrected chi connectivity index (χ0v) is 5.79. The van der Waals surface area contributed by atoms with Crippen LogP contribution in [-0.4, -0.2) is 13.5 Å². The fourth-order valence-corrected chi connectivity index (χ4v) is 0.718. The predicted molar refractivity (Wildman–Crippen MR) is 41.3 cm³/mol. The molecule has 0 saturated carbocycles. The molecule has 1 aromatic rings. The molecule has 0 aromatic heterocycles. The molecule has 0 saturated heterocycles. The monoisotopic (exact) mass is 130 g/mol. The van der Waals surface area contributed by atoms with Crippen molar-refractivity contribution >= 4 is 13.5 Å². The van der Waals surface area contributed by atoms with Gasteiger partial charge in [0.25, 0.3) is 0 Å². The third kappa shape index (κ3) is 1.47. The molecular formula is C8H7BO. The van der Waals surface area contributed by atoms with Crippen LogP contribution in [-0.2, 0) is 0 Å². The van der Waals surface area contributed by atoms with E-state index in [1.807, 2.05) is 19.1 Å². The maximum atomic E-state index is 10.5. The topological polar surface area (TPSA) is 17.1 Å². The Kier molecular flexibility index (Phi) is 1.90. The summed E-state index contributed by atoms with van der Waals surface area (Å²) in [6.07, 6.45) is 0. The average Bonchev–Trinajstić information content (AvgIpc) is 1.88. The van der Waals surface area contributed by atoms with E-state index >= 15 is 0 Å². The maximum Gasteiger partial charge on any atom is 0.175 e. The molecule has 0 aliphatic rings. The third-order valence-corrected chi connectivity index (χ3v) is 1.34. The molecule has 1 nitrogen and oxygen atoms in total. The van der Waals surface area contributed by atoms with Crippen molar-refractivity contribution < 1.29 is 4.79 Å². The molecule has 0 bridgehead atoms. The SMILES string of the molecule is [B]C(=O)c1ccc(C)cc1. The first-order chi connectivity index (χ1) is 4.70. The number of hydrogen-bond acceptors (Lipinski definition) is 1. The molecule has 0 N–H and O–H groups in total. The Labute approximate surface area is 61.5 Å². The molecule has 0 aliphatic carbocycles. The largest absolute Gasteiger partial charge is 0.307 e. The second-order valence-electron chi connectivity index (χ2n) is 2.23. The van der Waals surface area contributed by atoms with Gasteiger partial charge in [-0.1, -0.05) is 29.8 Å². The highest BCUT2D eigenvalue weighted by atomic mass is 16.1. The van der Waals surface area contributed by atoms with Crippen molar-refractivity contribution in [2.75, 3.05) is 0 Å². The summed E-state index contributed by atoms with van der Waals surface area (Å²) in [7, 11) is 5.02. The smallest absolute Gasteiger partial charge is 0.175 e. The van der Waals surface area contributed by atoms with Gasteiger partial charge in [-0.25, -0.2) is 0 Å². The summed E-state index contributed by atoms with van der Waals surface area (Å²) in [5.74, 6) is 0. The van der Waals surface area contributed by atoms with Gasteiger partial charge in [-0.2, -0.15) is 0 Å². The fraction of sp³-hybridized carbons (Fsp3) is 0.125. The van der Waals surface area contributed by atoms with E-state index in [4.69, 9.17) is 7.85 Å². The van der Waals surface area contributed by atoms with Crippen molar-refractivity contribution in [3.05, 3.63) is 35.4 Å². The average molecular weight is 130 g/mol. The summed E-state index contributed by atoms with van der Waals surface area (Å²) in [6.45, 7) is 1.96. The number of rotatable bonds is 1. The Morgan fingerprint density at radius 2 is 1.80 bits per heavy atom. The summed E-state index contributed by atoms with van der Waals surface area (Å²) in [5, 5.41) is 0. The Morgan fingerprint density at radius 1 is 1.30 bits per heavy atom. The molecule has 1 aromatic carbocycles. The lowest BCUT2D eigenvalue weighted by molar-refractivity contribution is 0.108. The van der Waals surface area contributed by atoms with Crippen molar-refractivity contribution in [1.82, 2.24) is 0 Å². The van der Waals surface area contributed by atoms with Gasteiger partial charge in [-0.15, -0.1) is 0 Å². The highest BCUT2D eigenvalue weighted by Gasteiger charge is 1.94. The van der Waals surface area contributed by atoms with E-state index in [0.717, 1.165) is 5.56 Å². The Bertz CT molecular complexity index is 238. The first-order valence-electron chi connectivity index (χ1n) is 3.06. The van der Waals surface area contributed by atoms with Crippen LogP contribution >= 0.6 is 0 Å². The molecule has 0 fully saturated rings. The van der Waals surface area contributed by atoms with Crippen molar-refractivity contribution in [1.29, 1.82) is 0 Å². The van der Waals surface area contributed by atoms with Crippen LogP contribution in [0.1, 0.15) is 15.9 Å². The van der Waals surface area contributed by atoms with Gasteiger partial charge in [0.1, 0.15) is 5.68 Å². The molecule has 1 rings (SSSR count). The van der Waals surface area contributed by atoms with Crippen LogP contribution in [0.15, 0.2) is 24.3 Å². The van der Waals surface area contributed by atoms with Gasteiger partial charge in [0, 0.05) is 5.56 Å². The molecule has 0 atom stereocenters. The lowest BCUT2D eigenvalue weighted by Gasteiger charge is -1.94. The van der Waals surface area contributed by atoms with Crippen LogP contribution in [0.4, 0.5) is 0 Å². The van der Waals surface area contributed by atoms with Gasteiger partial charge < -0.3 is 4.79 Å². The molecule has 48 valence electrons. The Hall–Kier alpha value is -1.05. The van der Waals surface area contributed by atoms with Crippen LogP contribution in [0.25, 0.3) is 0 Å². The molecule has 0 heterocycles. The van der Waals surface area contributed by atoms with E-state index in [-0.39, 0.29) is 5.68 Å². The van der Waals surface area contributed by atoms with E-state index in [0.29, 0.717) is 5.56 Å². The van der Waals surface area contributed by atoms with E-state index in [1.54, 1.807) is 12.1 Å². The Balaban J connectivity index is 3.00. The minimum Gasteiger partial charge on any atom is -0.307 e. The van der Waals surface area contributed by atoms with Gasteiger partial charge in [0.15, 0.2) is 7.85 Å². The summed E-state index contributed by atoms with van der Waals surface area (Å²) < 4.78 is 0. The van der Waals surface area contributed by atoms with Crippen molar-refractivity contribution in [3.8, 4) is 0 Å². The number of benzene rings is 1. The number of carbonyl (C=O) groups excluding carboxylic acids is 1. The van der Waals surface area contributed by atoms with Crippen LogP contribution in [0, 0.1) is 6.92 Å². The summed E-state index contributed by atoms with van der Waals surface area (Å²) in [4.78, 5) is 10.5. The predicted octanol–water partition coefficient (Wildman–Crippen LogP) is 1.30. The first kappa shape index (κ1) is 7.07. The molecule has 0 spiro atoms. The first-order valence-corrected chi connectivity index (χ1v) is 3.06. The number of carbonyl (C=O) groups is 1. The molecule has 2 heteroatoms. The minimum atomic E-state index is -0.375. The zero-order valence-electron chi connectivity index (χ0n) is 5.79. The van der Waals surface area contributed by atoms with Crippen LogP contribution < -0.4 is 0 Å². The van der Waals surface area contributed by atoms with E-state index in [2.05, 4.69) is 0 Å². The molecule has 2 radical (unpaired) electrons. The van der Waals surface area contributed by atoms with Crippen molar-refractivity contribution in [2.45, 2.75) is 6.92 Å². The van der Waals surface area contributed by atoms with Crippen LogP contribution in [0.5, 0.6) is 0 Å². The molecule has 10 heavy (non-hydrogen) atoms. The highest BCUT2D eigenvalue weighted by molar-refractivity contribution is 6.62. The van der Waals surface area contributed by atoms with E-state index < -0.39 is 0 Å². The third-order valence-electron chi connectivity index (χ3n) is 1.34. The molecule has 0 unspecified atom stereocenters. The summed E-state index contributed by atoms with van der Waals surface area (Å²) in [5.41, 5.74) is 1.32. The Morgan fingerprint density at radius 3 is 2.20 bits per heavy atom. The standard InChI is InChI=1S/C8H7BO/c1-6-2-4-7(5-3-6)8(9)10/h2-5H,1H3. The van der Waals surface area contributed by atoms with Gasteiger partial charge >= 0.3 is 0 Å². The van der Waals surface area contributed by atoms with Crippen LogP contribution in [0.3, 0.4) is 0 Å². The van der Waals surface area contributed by atoms with Crippen molar-refractivity contribution in [3.63, 3.8) is 0 Å². The number of hydrogen-bond donors (Lipinski definition) is 0. The van der Waals surface area contributed by atoms with Gasteiger partial charge in [-0.05, 0) is 6.92 Å². The van der Waals surface area contributed by atoms with Gasteiger partial charge in [-0.3, -0.25) is 0 Å². The second-order valence-corrected chi connectivity index (χ2v) is 2.23. The quantitative estimate of drug-likeness (QED) is 0.523. The lowest BCUT2D eigenvalue weighted by Crippen LogP contribution is -1.95. The van der Waals surface area contributed by atoms with E-state index in [1.165, 1.54) is 0 Å². The van der Waals surface area contributed by atoms with Crippen molar-refractivity contribution in [2.24, 2.45) is 0 Å². The zero-order chi connectivity index (χ0) is 7.56. The molecule has 0 aliphatic heterocycles.